The van der Waals surface area contributed by atoms with E-state index in [-0.39, 0.29) is 17.6 Å². The zero-order valence-electron chi connectivity index (χ0n) is 14.0. The topological polar surface area (TPSA) is 48.0 Å². The lowest BCUT2D eigenvalue weighted by Gasteiger charge is -2.30. The molecule has 0 unspecified atom stereocenters. The molecule has 0 saturated carbocycles. The summed E-state index contributed by atoms with van der Waals surface area (Å²) in [5.41, 5.74) is -0.505. The van der Waals surface area contributed by atoms with Crippen LogP contribution in [0.1, 0.15) is 19.3 Å². The number of rotatable bonds is 5. The summed E-state index contributed by atoms with van der Waals surface area (Å²) in [6.45, 7) is 2.87. The molecule has 24 heavy (non-hydrogen) atoms. The van der Waals surface area contributed by atoms with E-state index in [0.717, 1.165) is 19.3 Å². The summed E-state index contributed by atoms with van der Waals surface area (Å²) in [7, 11) is 1.65. The molecule has 1 atom stereocenters. The Morgan fingerprint density at radius 1 is 1.33 bits per heavy atom. The Kier molecular flexibility index (Phi) is 5.36. The zero-order valence-corrected chi connectivity index (χ0v) is 14.0. The number of halogens is 1. The second-order valence-electron chi connectivity index (χ2n) is 6.53. The molecule has 0 spiro atoms. The van der Waals surface area contributed by atoms with Gasteiger partial charge in [0.1, 0.15) is 23.8 Å². The molecule has 0 radical (unpaired) electrons. The highest BCUT2D eigenvalue weighted by Gasteiger charge is 2.42. The van der Waals surface area contributed by atoms with E-state index < -0.39 is 5.60 Å². The fraction of sp³-hybridized carbons (Fsp3) is 0.611. The number of amides is 1. The maximum Gasteiger partial charge on any atom is 0.225 e. The first-order valence-corrected chi connectivity index (χ1v) is 8.42. The van der Waals surface area contributed by atoms with Crippen molar-refractivity contribution in [2.75, 3.05) is 40.0 Å². The molecular weight excluding hydrogens is 313 g/mol. The van der Waals surface area contributed by atoms with Gasteiger partial charge < -0.3 is 19.1 Å². The van der Waals surface area contributed by atoms with E-state index in [1.807, 2.05) is 4.90 Å². The van der Waals surface area contributed by atoms with Crippen LogP contribution in [0.4, 0.5) is 4.39 Å². The van der Waals surface area contributed by atoms with E-state index in [0.29, 0.717) is 38.7 Å². The van der Waals surface area contributed by atoms with Gasteiger partial charge >= 0.3 is 0 Å². The molecule has 2 aliphatic heterocycles. The van der Waals surface area contributed by atoms with Crippen LogP contribution < -0.4 is 4.74 Å². The number of methoxy groups -OCH3 is 1. The van der Waals surface area contributed by atoms with Crippen LogP contribution in [0.15, 0.2) is 24.3 Å². The highest BCUT2D eigenvalue weighted by atomic mass is 19.1. The van der Waals surface area contributed by atoms with E-state index in [2.05, 4.69) is 0 Å². The number of carbonyl (C=O) groups is 1. The van der Waals surface area contributed by atoms with E-state index in [1.54, 1.807) is 19.2 Å². The SMILES string of the molecule is CO[C@@]1(COc2ccc(F)cc2)CCN(C(=O)C2CCOCC2)C1. The van der Waals surface area contributed by atoms with E-state index >= 15 is 0 Å². The maximum absolute atomic E-state index is 13.0. The van der Waals surface area contributed by atoms with Gasteiger partial charge in [-0.3, -0.25) is 4.79 Å². The largest absolute Gasteiger partial charge is 0.491 e. The summed E-state index contributed by atoms with van der Waals surface area (Å²) < 4.78 is 29.7. The summed E-state index contributed by atoms with van der Waals surface area (Å²) >= 11 is 0. The molecule has 0 bridgehead atoms. The van der Waals surface area contributed by atoms with Crippen molar-refractivity contribution in [1.29, 1.82) is 0 Å². The van der Waals surface area contributed by atoms with Gasteiger partial charge in [0.25, 0.3) is 0 Å². The summed E-state index contributed by atoms with van der Waals surface area (Å²) in [4.78, 5) is 14.5. The van der Waals surface area contributed by atoms with Gasteiger partial charge in [0.05, 0.1) is 6.54 Å². The Labute approximate surface area is 141 Å². The average Bonchev–Trinajstić information content (AvgIpc) is 3.06. The fourth-order valence-electron chi connectivity index (χ4n) is 3.32. The van der Waals surface area contributed by atoms with Crippen LogP contribution in [0, 0.1) is 11.7 Å². The molecule has 0 aromatic heterocycles. The van der Waals surface area contributed by atoms with Gasteiger partial charge in [-0.2, -0.15) is 0 Å². The number of carbonyl (C=O) groups excluding carboxylic acids is 1. The highest BCUT2D eigenvalue weighted by Crippen LogP contribution is 2.29. The van der Waals surface area contributed by atoms with Gasteiger partial charge in [0.2, 0.25) is 5.91 Å². The summed E-state index contributed by atoms with van der Waals surface area (Å²) in [5, 5.41) is 0. The van der Waals surface area contributed by atoms with Crippen molar-refractivity contribution in [2.45, 2.75) is 24.9 Å². The fourth-order valence-corrected chi connectivity index (χ4v) is 3.32. The molecule has 2 saturated heterocycles. The normalized spacial score (nSPS) is 25.0. The minimum atomic E-state index is -0.505. The Balaban J connectivity index is 1.57. The summed E-state index contributed by atoms with van der Waals surface area (Å²) in [6.07, 6.45) is 2.32. The zero-order chi connectivity index (χ0) is 17.0. The van der Waals surface area contributed by atoms with Crippen molar-refractivity contribution in [1.82, 2.24) is 4.90 Å². The lowest BCUT2D eigenvalue weighted by atomic mass is 9.98. The lowest BCUT2D eigenvalue weighted by Crippen LogP contribution is -2.44. The molecule has 0 aliphatic carbocycles. The number of hydrogen-bond acceptors (Lipinski definition) is 4. The molecular formula is C18H24FNO4. The molecule has 3 rings (SSSR count). The van der Waals surface area contributed by atoms with E-state index in [1.165, 1.54) is 12.1 Å². The first-order valence-electron chi connectivity index (χ1n) is 8.42. The Morgan fingerprint density at radius 2 is 2.04 bits per heavy atom. The first kappa shape index (κ1) is 17.2. The van der Waals surface area contributed by atoms with Crippen LogP contribution in [0.3, 0.4) is 0 Å². The van der Waals surface area contributed by atoms with Crippen molar-refractivity contribution in [3.05, 3.63) is 30.1 Å². The van der Waals surface area contributed by atoms with Crippen molar-refractivity contribution < 1.29 is 23.4 Å². The molecule has 1 aromatic rings. The van der Waals surface area contributed by atoms with Crippen molar-refractivity contribution in [3.63, 3.8) is 0 Å². The number of ether oxygens (including phenoxy) is 3. The molecule has 2 heterocycles. The summed E-state index contributed by atoms with van der Waals surface area (Å²) in [6, 6.07) is 5.92. The predicted octanol–water partition coefficient (Wildman–Crippen LogP) is 2.25. The first-order chi connectivity index (χ1) is 11.6. The van der Waals surface area contributed by atoms with Crippen molar-refractivity contribution in [2.24, 2.45) is 5.92 Å². The smallest absolute Gasteiger partial charge is 0.225 e. The third-order valence-electron chi connectivity index (χ3n) is 4.95. The lowest BCUT2D eigenvalue weighted by molar-refractivity contribution is -0.139. The highest BCUT2D eigenvalue weighted by molar-refractivity contribution is 5.79. The Bertz CT molecular complexity index is 559. The third kappa shape index (κ3) is 3.87. The molecule has 5 nitrogen and oxygen atoms in total. The second-order valence-corrected chi connectivity index (χ2v) is 6.53. The van der Waals surface area contributed by atoms with Crippen LogP contribution in [-0.2, 0) is 14.3 Å². The molecule has 6 heteroatoms. The van der Waals surface area contributed by atoms with Crippen molar-refractivity contribution in [3.8, 4) is 5.75 Å². The molecule has 2 fully saturated rings. The number of hydrogen-bond donors (Lipinski definition) is 0. The van der Waals surface area contributed by atoms with Crippen LogP contribution in [0.5, 0.6) is 5.75 Å². The van der Waals surface area contributed by atoms with Crippen LogP contribution >= 0.6 is 0 Å². The van der Waals surface area contributed by atoms with Crippen LogP contribution in [0.25, 0.3) is 0 Å². The Morgan fingerprint density at radius 3 is 2.71 bits per heavy atom. The van der Waals surface area contributed by atoms with Gasteiger partial charge in [0, 0.05) is 32.8 Å². The number of likely N-dealkylation sites (tertiary alicyclic amines) is 1. The Hall–Kier alpha value is -1.66. The van der Waals surface area contributed by atoms with E-state index in [4.69, 9.17) is 14.2 Å². The minimum absolute atomic E-state index is 0.0597. The molecule has 1 aromatic carbocycles. The van der Waals surface area contributed by atoms with E-state index in [9.17, 15) is 9.18 Å². The van der Waals surface area contributed by atoms with Crippen LogP contribution in [0.2, 0.25) is 0 Å². The van der Waals surface area contributed by atoms with Gasteiger partial charge in [-0.05, 0) is 43.5 Å². The van der Waals surface area contributed by atoms with Crippen LogP contribution in [-0.4, -0.2) is 56.4 Å². The third-order valence-corrected chi connectivity index (χ3v) is 4.95. The van der Waals surface area contributed by atoms with Gasteiger partial charge in [-0.25, -0.2) is 4.39 Å². The molecule has 1 amide bonds. The van der Waals surface area contributed by atoms with Gasteiger partial charge in [-0.15, -0.1) is 0 Å². The second kappa shape index (κ2) is 7.49. The molecule has 0 N–H and O–H groups in total. The average molecular weight is 337 g/mol. The molecule has 132 valence electrons. The minimum Gasteiger partial charge on any atom is -0.491 e. The van der Waals surface area contributed by atoms with Crippen molar-refractivity contribution >= 4 is 5.91 Å². The number of benzene rings is 1. The maximum atomic E-state index is 13.0. The monoisotopic (exact) mass is 337 g/mol. The standard InChI is InChI=1S/C18H24FNO4/c1-22-18(13-24-16-4-2-15(19)3-5-16)8-9-20(12-18)17(21)14-6-10-23-11-7-14/h2-5,14H,6-13H2,1H3/t18-/m0/s1. The quantitative estimate of drug-likeness (QED) is 0.827. The summed E-state index contributed by atoms with van der Waals surface area (Å²) in [5.74, 6) is 0.559. The van der Waals surface area contributed by atoms with Gasteiger partial charge in [-0.1, -0.05) is 0 Å². The molecule has 2 aliphatic rings. The predicted molar refractivity (Wildman–Crippen MR) is 86.4 cm³/mol. The number of nitrogens with zero attached hydrogens (tertiary/aromatic N) is 1. The van der Waals surface area contributed by atoms with Gasteiger partial charge in [0.15, 0.2) is 0 Å².